The maximum absolute atomic E-state index is 5.88. The highest BCUT2D eigenvalue weighted by Gasteiger charge is 2.06. The van der Waals surface area contributed by atoms with E-state index in [0.29, 0.717) is 0 Å². The van der Waals surface area contributed by atoms with Crippen LogP contribution in [0.2, 0.25) is 0 Å². The second-order valence-electron chi connectivity index (χ2n) is 5.17. The van der Waals surface area contributed by atoms with Crippen LogP contribution in [0.1, 0.15) is 31.9 Å². The molecule has 0 unspecified atom stereocenters. The Balaban J connectivity index is 2.72. The first-order valence-corrected chi connectivity index (χ1v) is 6.79. The van der Waals surface area contributed by atoms with Crippen LogP contribution < -0.4 is 10.6 Å². The van der Waals surface area contributed by atoms with Crippen LogP contribution in [0.15, 0.2) is 24.3 Å². The molecule has 0 amide bonds. The van der Waals surface area contributed by atoms with E-state index >= 15 is 0 Å². The zero-order chi connectivity index (χ0) is 13.5. The zero-order valence-corrected chi connectivity index (χ0v) is 12.2. The summed E-state index contributed by atoms with van der Waals surface area (Å²) in [4.78, 5) is 4.66. The highest BCUT2D eigenvalue weighted by Crippen LogP contribution is 2.18. The summed E-state index contributed by atoms with van der Waals surface area (Å²) in [6.07, 6.45) is 1.17. The van der Waals surface area contributed by atoms with Gasteiger partial charge in [0.1, 0.15) is 0 Å². The molecule has 0 fully saturated rings. The van der Waals surface area contributed by atoms with Crippen LogP contribution >= 0.6 is 0 Å². The van der Waals surface area contributed by atoms with E-state index in [-0.39, 0.29) is 6.04 Å². The summed E-state index contributed by atoms with van der Waals surface area (Å²) in [5, 5.41) is 0. The molecule has 0 radical (unpaired) electrons. The van der Waals surface area contributed by atoms with E-state index in [4.69, 9.17) is 5.73 Å². The molecule has 1 aromatic rings. The molecule has 2 N–H and O–H groups in total. The highest BCUT2D eigenvalue weighted by molar-refractivity contribution is 5.48. The lowest BCUT2D eigenvalue weighted by molar-refractivity contribution is 0.413. The van der Waals surface area contributed by atoms with Crippen molar-refractivity contribution in [2.24, 2.45) is 5.73 Å². The van der Waals surface area contributed by atoms with Crippen molar-refractivity contribution in [3.05, 3.63) is 29.8 Å². The number of nitrogens with zero attached hydrogens (tertiary/aromatic N) is 2. The van der Waals surface area contributed by atoms with Crippen LogP contribution in [0, 0.1) is 0 Å². The summed E-state index contributed by atoms with van der Waals surface area (Å²) in [5.41, 5.74) is 8.37. The van der Waals surface area contributed by atoms with Gasteiger partial charge in [-0.15, -0.1) is 0 Å². The van der Waals surface area contributed by atoms with Gasteiger partial charge < -0.3 is 15.5 Å². The SMILES string of the molecule is CCCN(CCN(C)C)c1ccc([C@@H](C)N)cc1. The van der Waals surface area contributed by atoms with Crippen LogP contribution in [0.4, 0.5) is 5.69 Å². The molecular formula is C15H27N3. The average molecular weight is 249 g/mol. The molecule has 0 saturated heterocycles. The molecule has 0 aliphatic heterocycles. The quantitative estimate of drug-likeness (QED) is 0.806. The number of benzene rings is 1. The smallest absolute Gasteiger partial charge is 0.0366 e. The molecule has 1 aromatic carbocycles. The Kier molecular flexibility index (Phi) is 6.16. The van der Waals surface area contributed by atoms with Gasteiger partial charge in [-0.1, -0.05) is 19.1 Å². The minimum absolute atomic E-state index is 0.112. The van der Waals surface area contributed by atoms with Gasteiger partial charge in [0.25, 0.3) is 0 Å². The normalized spacial score (nSPS) is 12.8. The molecule has 0 bridgehead atoms. The molecule has 1 rings (SSSR count). The summed E-state index contributed by atoms with van der Waals surface area (Å²) in [6.45, 7) is 7.49. The Morgan fingerprint density at radius 1 is 1.06 bits per heavy atom. The summed E-state index contributed by atoms with van der Waals surface area (Å²) in [6, 6.07) is 8.76. The van der Waals surface area contributed by atoms with E-state index in [1.165, 1.54) is 17.7 Å². The molecule has 0 heterocycles. The van der Waals surface area contributed by atoms with E-state index in [2.05, 4.69) is 55.1 Å². The van der Waals surface area contributed by atoms with Crippen LogP contribution in [0.25, 0.3) is 0 Å². The number of likely N-dealkylation sites (N-methyl/N-ethyl adjacent to an activating group) is 1. The molecule has 3 heteroatoms. The zero-order valence-electron chi connectivity index (χ0n) is 12.2. The maximum Gasteiger partial charge on any atom is 0.0366 e. The number of hydrogen-bond donors (Lipinski definition) is 1. The van der Waals surface area contributed by atoms with Crippen molar-refractivity contribution in [2.75, 3.05) is 38.6 Å². The van der Waals surface area contributed by atoms with E-state index in [1.54, 1.807) is 0 Å². The van der Waals surface area contributed by atoms with E-state index in [1.807, 2.05) is 6.92 Å². The van der Waals surface area contributed by atoms with Crippen LogP contribution in [-0.2, 0) is 0 Å². The number of hydrogen-bond acceptors (Lipinski definition) is 3. The third kappa shape index (κ3) is 4.67. The number of nitrogens with two attached hydrogens (primary N) is 1. The fourth-order valence-electron chi connectivity index (χ4n) is 1.95. The molecule has 1 atom stereocenters. The average Bonchev–Trinajstić information content (AvgIpc) is 2.34. The lowest BCUT2D eigenvalue weighted by Crippen LogP contribution is -2.32. The van der Waals surface area contributed by atoms with Gasteiger partial charge in [0.05, 0.1) is 0 Å². The van der Waals surface area contributed by atoms with Gasteiger partial charge in [0.2, 0.25) is 0 Å². The first-order valence-electron chi connectivity index (χ1n) is 6.79. The van der Waals surface area contributed by atoms with Gasteiger partial charge >= 0.3 is 0 Å². The number of anilines is 1. The first kappa shape index (κ1) is 15.0. The van der Waals surface area contributed by atoms with Crippen LogP contribution in [0.3, 0.4) is 0 Å². The van der Waals surface area contributed by atoms with Crippen molar-refractivity contribution in [1.29, 1.82) is 0 Å². The van der Waals surface area contributed by atoms with Gasteiger partial charge in [0, 0.05) is 31.4 Å². The molecule has 0 aliphatic carbocycles. The van der Waals surface area contributed by atoms with Crippen molar-refractivity contribution in [3.8, 4) is 0 Å². The first-order chi connectivity index (χ1) is 8.54. The Bertz CT molecular complexity index is 330. The van der Waals surface area contributed by atoms with Crippen molar-refractivity contribution in [1.82, 2.24) is 4.90 Å². The minimum atomic E-state index is 0.112. The Hall–Kier alpha value is -1.06. The van der Waals surface area contributed by atoms with Crippen molar-refractivity contribution in [2.45, 2.75) is 26.3 Å². The second kappa shape index (κ2) is 7.39. The Morgan fingerprint density at radius 2 is 1.67 bits per heavy atom. The fraction of sp³-hybridized carbons (Fsp3) is 0.600. The van der Waals surface area contributed by atoms with Crippen LogP contribution in [-0.4, -0.2) is 38.6 Å². The fourth-order valence-corrected chi connectivity index (χ4v) is 1.95. The van der Waals surface area contributed by atoms with Gasteiger partial charge in [-0.05, 0) is 45.1 Å². The predicted octanol–water partition coefficient (Wildman–Crippen LogP) is 2.48. The number of rotatable bonds is 7. The van der Waals surface area contributed by atoms with E-state index in [0.717, 1.165) is 19.6 Å². The molecule has 18 heavy (non-hydrogen) atoms. The summed E-state index contributed by atoms with van der Waals surface area (Å²) in [5.74, 6) is 0. The second-order valence-corrected chi connectivity index (χ2v) is 5.17. The molecular weight excluding hydrogens is 222 g/mol. The lowest BCUT2D eigenvalue weighted by Gasteiger charge is -2.26. The van der Waals surface area contributed by atoms with Gasteiger partial charge in [0.15, 0.2) is 0 Å². The summed E-state index contributed by atoms with van der Waals surface area (Å²) < 4.78 is 0. The standard InChI is InChI=1S/C15H27N3/c1-5-10-18(12-11-17(3)4)15-8-6-14(7-9-15)13(2)16/h6-9,13H,5,10-12,16H2,1-4H3/t13-/m1/s1. The predicted molar refractivity (Wildman–Crippen MR) is 80.1 cm³/mol. The monoisotopic (exact) mass is 249 g/mol. The minimum Gasteiger partial charge on any atom is -0.370 e. The summed E-state index contributed by atoms with van der Waals surface area (Å²) >= 11 is 0. The van der Waals surface area contributed by atoms with E-state index < -0.39 is 0 Å². The molecule has 0 spiro atoms. The van der Waals surface area contributed by atoms with E-state index in [9.17, 15) is 0 Å². The Morgan fingerprint density at radius 3 is 2.11 bits per heavy atom. The summed E-state index contributed by atoms with van der Waals surface area (Å²) in [7, 11) is 4.23. The lowest BCUT2D eigenvalue weighted by atomic mass is 10.1. The molecule has 102 valence electrons. The van der Waals surface area contributed by atoms with Gasteiger partial charge in [-0.25, -0.2) is 0 Å². The van der Waals surface area contributed by atoms with Crippen molar-refractivity contribution in [3.63, 3.8) is 0 Å². The maximum atomic E-state index is 5.88. The molecule has 0 aliphatic rings. The molecule has 0 saturated carbocycles. The highest BCUT2D eigenvalue weighted by atomic mass is 15.2. The molecule has 3 nitrogen and oxygen atoms in total. The topological polar surface area (TPSA) is 32.5 Å². The van der Waals surface area contributed by atoms with Crippen molar-refractivity contribution >= 4 is 5.69 Å². The Labute approximate surface area is 112 Å². The largest absolute Gasteiger partial charge is 0.370 e. The third-order valence-electron chi connectivity index (χ3n) is 3.09. The third-order valence-corrected chi connectivity index (χ3v) is 3.09. The van der Waals surface area contributed by atoms with Crippen LogP contribution in [0.5, 0.6) is 0 Å². The molecule has 0 aromatic heterocycles. The van der Waals surface area contributed by atoms with Gasteiger partial charge in [-0.3, -0.25) is 0 Å². The van der Waals surface area contributed by atoms with Gasteiger partial charge in [-0.2, -0.15) is 0 Å². The van der Waals surface area contributed by atoms with Crippen molar-refractivity contribution < 1.29 is 0 Å².